The lowest BCUT2D eigenvalue weighted by Gasteiger charge is -2.16. The summed E-state index contributed by atoms with van der Waals surface area (Å²) in [7, 11) is 0. The van der Waals surface area contributed by atoms with Crippen LogP contribution in [-0.4, -0.2) is 47.6 Å². The number of unbranched alkanes of at least 4 members (excludes halogenated alkanes) is 17. The molecule has 0 radical (unpaired) electrons. The summed E-state index contributed by atoms with van der Waals surface area (Å²) in [5.41, 5.74) is 0. The number of hydrogen-bond acceptors (Lipinski definition) is 6. The highest BCUT2D eigenvalue weighted by molar-refractivity contribution is 5.70. The molecule has 0 amide bonds. The predicted octanol–water partition coefficient (Wildman–Crippen LogP) is 13.2. The van der Waals surface area contributed by atoms with Crippen molar-refractivity contribution in [1.29, 1.82) is 0 Å². The van der Waals surface area contributed by atoms with E-state index in [-0.39, 0.29) is 19.0 Å². The van der Waals surface area contributed by atoms with Crippen molar-refractivity contribution in [1.82, 2.24) is 0 Å². The van der Waals surface area contributed by atoms with Gasteiger partial charge in [-0.3, -0.25) is 9.59 Å². The molecule has 6 heteroatoms. The quantitative estimate of drug-likeness (QED) is 0.0281. The molecule has 0 aromatic carbocycles. The van der Waals surface area contributed by atoms with E-state index in [9.17, 15) is 19.8 Å². The molecule has 0 aromatic rings. The van der Waals surface area contributed by atoms with Crippen LogP contribution < -0.4 is 0 Å². The van der Waals surface area contributed by atoms with Crippen molar-refractivity contribution in [2.24, 2.45) is 5.92 Å². The largest absolute Gasteiger partial charge is 0.462 e. The van der Waals surface area contributed by atoms with Crippen LogP contribution in [0.5, 0.6) is 0 Å². The summed E-state index contributed by atoms with van der Waals surface area (Å²) < 4.78 is 10.5. The van der Waals surface area contributed by atoms with Gasteiger partial charge in [0.25, 0.3) is 0 Å². The van der Waals surface area contributed by atoms with Crippen molar-refractivity contribution in [3.8, 4) is 0 Å². The fourth-order valence-corrected chi connectivity index (χ4v) is 6.21. The smallest absolute Gasteiger partial charge is 0.306 e. The molecule has 2 unspecified atom stereocenters. The van der Waals surface area contributed by atoms with Gasteiger partial charge in [0, 0.05) is 12.8 Å². The fourth-order valence-electron chi connectivity index (χ4n) is 6.21. The number of allylic oxidation sites excluding steroid dienone is 9. The minimum atomic E-state index is -0.847. The number of esters is 2. The second-order valence-corrected chi connectivity index (χ2v) is 15.2. The van der Waals surface area contributed by atoms with Crippen LogP contribution in [0, 0.1) is 5.92 Å². The molecule has 0 fully saturated rings. The van der Waals surface area contributed by atoms with Gasteiger partial charge in [-0.15, -0.1) is 0 Å². The van der Waals surface area contributed by atoms with E-state index in [1.807, 2.05) is 18.2 Å². The molecule has 0 bridgehead atoms. The second-order valence-electron chi connectivity index (χ2n) is 15.2. The highest BCUT2D eigenvalue weighted by Gasteiger charge is 2.16. The Morgan fingerprint density at radius 3 is 1.52 bits per heavy atom. The van der Waals surface area contributed by atoms with E-state index in [0.717, 1.165) is 50.9 Å². The van der Waals surface area contributed by atoms with Crippen LogP contribution in [-0.2, 0) is 19.1 Å². The minimum absolute atomic E-state index is 0.153. The van der Waals surface area contributed by atoms with Crippen molar-refractivity contribution >= 4 is 11.9 Å². The number of hydrogen-bond donors (Lipinski definition) is 2. The van der Waals surface area contributed by atoms with Gasteiger partial charge in [0.05, 0.1) is 12.7 Å². The molecule has 3 atom stereocenters. The highest BCUT2D eigenvalue weighted by atomic mass is 16.6. The first kappa shape index (κ1) is 51.6. The van der Waals surface area contributed by atoms with Crippen LogP contribution in [0.4, 0.5) is 0 Å². The van der Waals surface area contributed by atoms with Crippen molar-refractivity contribution in [2.75, 3.05) is 13.2 Å². The molecule has 0 aliphatic carbocycles. The molecule has 0 aliphatic rings. The Balaban J connectivity index is 3.67. The minimum Gasteiger partial charge on any atom is -0.462 e. The summed E-state index contributed by atoms with van der Waals surface area (Å²) in [5.74, 6) is 0.115. The zero-order valence-electron chi connectivity index (χ0n) is 35.2. The van der Waals surface area contributed by atoms with Crippen LogP contribution in [0.25, 0.3) is 0 Å². The average molecular weight is 757 g/mol. The van der Waals surface area contributed by atoms with Crippen LogP contribution in [0.3, 0.4) is 0 Å². The molecule has 0 rings (SSSR count). The van der Waals surface area contributed by atoms with Crippen molar-refractivity contribution in [3.05, 3.63) is 60.8 Å². The zero-order chi connectivity index (χ0) is 39.6. The third-order valence-corrected chi connectivity index (χ3v) is 9.97. The van der Waals surface area contributed by atoms with E-state index in [4.69, 9.17) is 9.47 Å². The SMILES string of the molecule is CC/C=C\C/C=C\C/C=C\C/C=C\C=C\C(O)CCCC(=O)OC[C@H](CO)OC(=O)CCCCCCCCCCCCCCCCCCCCC(C)CC. The topological polar surface area (TPSA) is 93.1 Å². The van der Waals surface area contributed by atoms with E-state index in [0.29, 0.717) is 19.3 Å². The maximum absolute atomic E-state index is 12.2. The normalized spacial score (nSPS) is 13.9. The summed E-state index contributed by atoms with van der Waals surface area (Å²) in [5, 5.41) is 19.7. The lowest BCUT2D eigenvalue weighted by Crippen LogP contribution is -2.28. The Hall–Kier alpha value is -2.44. The van der Waals surface area contributed by atoms with Crippen LogP contribution in [0.15, 0.2) is 60.8 Å². The average Bonchev–Trinajstić information content (AvgIpc) is 3.17. The third kappa shape index (κ3) is 39.3. The lowest BCUT2D eigenvalue weighted by atomic mass is 9.99. The molecule has 0 aliphatic heterocycles. The van der Waals surface area contributed by atoms with E-state index >= 15 is 0 Å². The number of aliphatic hydroxyl groups excluding tert-OH is 2. The van der Waals surface area contributed by atoms with Gasteiger partial charge in [-0.05, 0) is 50.9 Å². The molecule has 2 N–H and O–H groups in total. The Labute approximate surface area is 333 Å². The number of aliphatic hydroxyl groups is 2. The van der Waals surface area contributed by atoms with E-state index in [1.54, 1.807) is 6.08 Å². The Morgan fingerprint density at radius 1 is 0.556 bits per heavy atom. The number of carbonyl (C=O) groups excluding carboxylic acids is 2. The van der Waals surface area contributed by atoms with E-state index in [2.05, 4.69) is 57.2 Å². The van der Waals surface area contributed by atoms with Gasteiger partial charge in [-0.25, -0.2) is 0 Å². The van der Waals surface area contributed by atoms with Gasteiger partial charge in [0.15, 0.2) is 6.10 Å². The van der Waals surface area contributed by atoms with Crippen molar-refractivity contribution < 1.29 is 29.3 Å². The molecular formula is C48H84O6. The lowest BCUT2D eigenvalue weighted by molar-refractivity contribution is -0.161. The summed E-state index contributed by atoms with van der Waals surface area (Å²) in [6.07, 6.45) is 50.3. The van der Waals surface area contributed by atoms with E-state index < -0.39 is 24.8 Å². The highest BCUT2D eigenvalue weighted by Crippen LogP contribution is 2.17. The third-order valence-electron chi connectivity index (χ3n) is 9.97. The molecule has 0 heterocycles. The number of carbonyl (C=O) groups is 2. The maximum atomic E-state index is 12.2. The summed E-state index contributed by atoms with van der Waals surface area (Å²) in [6, 6.07) is 0. The predicted molar refractivity (Wildman–Crippen MR) is 229 cm³/mol. The molecule has 0 saturated heterocycles. The van der Waals surface area contributed by atoms with Gasteiger partial charge in [-0.2, -0.15) is 0 Å². The van der Waals surface area contributed by atoms with Gasteiger partial charge in [-0.1, -0.05) is 204 Å². The van der Waals surface area contributed by atoms with Crippen molar-refractivity contribution in [3.63, 3.8) is 0 Å². The zero-order valence-corrected chi connectivity index (χ0v) is 35.2. The van der Waals surface area contributed by atoms with Gasteiger partial charge >= 0.3 is 11.9 Å². The fraction of sp³-hybridized carbons (Fsp3) is 0.750. The molecule has 0 aromatic heterocycles. The van der Waals surface area contributed by atoms with Gasteiger partial charge in [0.2, 0.25) is 0 Å². The molecule has 54 heavy (non-hydrogen) atoms. The van der Waals surface area contributed by atoms with Crippen LogP contribution in [0.1, 0.15) is 201 Å². The number of rotatable bonds is 39. The van der Waals surface area contributed by atoms with Crippen LogP contribution in [0.2, 0.25) is 0 Å². The molecule has 6 nitrogen and oxygen atoms in total. The second kappa shape index (κ2) is 41.7. The monoisotopic (exact) mass is 757 g/mol. The first-order chi connectivity index (χ1) is 26.4. The van der Waals surface area contributed by atoms with Crippen molar-refractivity contribution in [2.45, 2.75) is 213 Å². The van der Waals surface area contributed by atoms with Gasteiger partial charge < -0.3 is 19.7 Å². The summed E-state index contributed by atoms with van der Waals surface area (Å²) in [6.45, 7) is 6.26. The Kier molecular flexibility index (Phi) is 39.8. The Morgan fingerprint density at radius 2 is 1.02 bits per heavy atom. The van der Waals surface area contributed by atoms with Gasteiger partial charge in [0.1, 0.15) is 6.61 Å². The summed E-state index contributed by atoms with van der Waals surface area (Å²) >= 11 is 0. The molecule has 312 valence electrons. The first-order valence-corrected chi connectivity index (χ1v) is 22.3. The maximum Gasteiger partial charge on any atom is 0.306 e. The first-order valence-electron chi connectivity index (χ1n) is 22.3. The summed E-state index contributed by atoms with van der Waals surface area (Å²) in [4.78, 5) is 24.4. The Bertz CT molecular complexity index is 980. The molecule has 0 spiro atoms. The molecule has 0 saturated carbocycles. The number of ether oxygens (including phenoxy) is 2. The standard InChI is InChI=1S/C48H84O6/c1-4-6-7-8-9-10-11-18-22-25-28-31-34-38-45(50)39-36-41-47(51)53-43-46(42-49)54-48(52)40-35-32-29-26-23-20-17-15-13-12-14-16-19-21-24-27-30-33-37-44(3)5-2/h6-7,9-10,18,22,28,31,34,38,44-46,49-50H,4-5,8,11-17,19-21,23-27,29-30,32-33,35-37,39-43H2,1-3H3/b7-6-,10-9-,22-18-,31-28-,38-34+/t44?,45?,46-/m0/s1. The van der Waals surface area contributed by atoms with Crippen LogP contribution >= 0.6 is 0 Å². The van der Waals surface area contributed by atoms with E-state index in [1.165, 1.54) is 109 Å². The molecular weight excluding hydrogens is 673 g/mol.